The molecule has 0 radical (unpaired) electrons. The molecule has 1 heterocycles. The zero-order valence-corrected chi connectivity index (χ0v) is 11.0. The lowest BCUT2D eigenvalue weighted by Crippen LogP contribution is -2.31. The number of thioether (sulfide) groups is 1. The number of esters is 1. The number of fused-ring (bicyclic) bond motifs is 1. The molecule has 19 heavy (non-hydrogen) atoms. The Morgan fingerprint density at radius 2 is 2.21 bits per heavy atom. The fourth-order valence-electron chi connectivity index (χ4n) is 1.32. The Labute approximate surface area is 113 Å². The van der Waals surface area contributed by atoms with Gasteiger partial charge < -0.3 is 14.9 Å². The second-order valence-electron chi connectivity index (χ2n) is 3.77. The van der Waals surface area contributed by atoms with Crippen molar-refractivity contribution in [2.45, 2.75) is 18.3 Å². The SMILES string of the molecule is CC(OC(=O)CSc1nc2ccccc2o1)C(N)=O. The van der Waals surface area contributed by atoms with E-state index in [-0.39, 0.29) is 5.75 Å². The summed E-state index contributed by atoms with van der Waals surface area (Å²) >= 11 is 1.10. The Bertz CT molecular complexity index is 578. The van der Waals surface area contributed by atoms with Gasteiger partial charge in [-0.05, 0) is 19.1 Å². The van der Waals surface area contributed by atoms with Gasteiger partial charge in [0.1, 0.15) is 11.3 Å². The number of aromatic nitrogens is 1. The van der Waals surface area contributed by atoms with Crippen molar-refractivity contribution in [3.05, 3.63) is 24.3 Å². The summed E-state index contributed by atoms with van der Waals surface area (Å²) in [5, 5.41) is 0.380. The molecule has 0 spiro atoms. The summed E-state index contributed by atoms with van der Waals surface area (Å²) in [5.41, 5.74) is 6.37. The molecule has 0 saturated carbocycles. The fourth-order valence-corrected chi connectivity index (χ4v) is 1.94. The molecule has 1 unspecified atom stereocenters. The molecule has 0 bridgehead atoms. The quantitative estimate of drug-likeness (QED) is 0.656. The van der Waals surface area contributed by atoms with Crippen LogP contribution < -0.4 is 5.73 Å². The number of para-hydroxylation sites is 2. The molecule has 1 amide bonds. The van der Waals surface area contributed by atoms with Crippen LogP contribution in [0.1, 0.15) is 6.92 Å². The average Bonchev–Trinajstić information content (AvgIpc) is 2.78. The number of hydrogen-bond acceptors (Lipinski definition) is 6. The van der Waals surface area contributed by atoms with Crippen molar-refractivity contribution in [1.82, 2.24) is 4.98 Å². The van der Waals surface area contributed by atoms with Gasteiger partial charge in [-0.3, -0.25) is 9.59 Å². The van der Waals surface area contributed by atoms with Gasteiger partial charge >= 0.3 is 5.97 Å². The van der Waals surface area contributed by atoms with Crippen LogP contribution in [-0.2, 0) is 14.3 Å². The van der Waals surface area contributed by atoms with Crippen LogP contribution in [0.3, 0.4) is 0 Å². The molecule has 1 aromatic carbocycles. The summed E-state index contributed by atoms with van der Waals surface area (Å²) in [6, 6.07) is 7.29. The standard InChI is InChI=1S/C12H12N2O4S/c1-7(11(13)16)17-10(15)6-19-12-14-8-4-2-3-5-9(8)18-12/h2-5,7H,6H2,1H3,(H2,13,16). The number of oxazole rings is 1. The summed E-state index contributed by atoms with van der Waals surface area (Å²) < 4.78 is 10.2. The van der Waals surface area contributed by atoms with E-state index in [4.69, 9.17) is 14.9 Å². The molecule has 6 nitrogen and oxygen atoms in total. The summed E-state index contributed by atoms with van der Waals surface area (Å²) in [7, 11) is 0. The van der Waals surface area contributed by atoms with E-state index in [0.717, 1.165) is 17.3 Å². The normalized spacial score (nSPS) is 12.3. The summed E-state index contributed by atoms with van der Waals surface area (Å²) in [6.45, 7) is 1.42. The van der Waals surface area contributed by atoms with Crippen molar-refractivity contribution < 1.29 is 18.7 Å². The highest BCUT2D eigenvalue weighted by molar-refractivity contribution is 7.99. The fraction of sp³-hybridized carbons (Fsp3) is 0.250. The van der Waals surface area contributed by atoms with Gasteiger partial charge in [-0.15, -0.1) is 0 Å². The number of hydrogen-bond donors (Lipinski definition) is 1. The third kappa shape index (κ3) is 3.47. The maximum Gasteiger partial charge on any atom is 0.317 e. The predicted molar refractivity (Wildman–Crippen MR) is 69.5 cm³/mol. The van der Waals surface area contributed by atoms with Crippen LogP contribution in [0.5, 0.6) is 0 Å². The van der Waals surface area contributed by atoms with Crippen molar-refractivity contribution >= 4 is 34.7 Å². The van der Waals surface area contributed by atoms with Gasteiger partial charge in [-0.1, -0.05) is 23.9 Å². The molecule has 2 N–H and O–H groups in total. The Kier molecular flexibility index (Phi) is 4.06. The van der Waals surface area contributed by atoms with E-state index in [1.807, 2.05) is 18.2 Å². The summed E-state index contributed by atoms with van der Waals surface area (Å²) in [5.74, 6) is -1.22. The molecule has 1 atom stereocenters. The van der Waals surface area contributed by atoms with Crippen LogP contribution >= 0.6 is 11.8 Å². The first-order chi connectivity index (χ1) is 9.06. The summed E-state index contributed by atoms with van der Waals surface area (Å²) in [4.78, 5) is 26.4. The second-order valence-corrected chi connectivity index (χ2v) is 4.70. The molecule has 7 heteroatoms. The van der Waals surface area contributed by atoms with Crippen molar-refractivity contribution in [3.8, 4) is 0 Å². The third-order valence-corrected chi connectivity index (χ3v) is 3.10. The molecule has 0 aliphatic rings. The van der Waals surface area contributed by atoms with E-state index < -0.39 is 18.0 Å². The maximum absolute atomic E-state index is 11.4. The van der Waals surface area contributed by atoms with Crippen molar-refractivity contribution in [2.75, 3.05) is 5.75 Å². The van der Waals surface area contributed by atoms with Gasteiger partial charge in [0.2, 0.25) is 0 Å². The van der Waals surface area contributed by atoms with E-state index >= 15 is 0 Å². The van der Waals surface area contributed by atoms with Gasteiger partial charge in [0, 0.05) is 0 Å². The van der Waals surface area contributed by atoms with Gasteiger partial charge in [-0.2, -0.15) is 0 Å². The third-order valence-electron chi connectivity index (χ3n) is 2.30. The molecular weight excluding hydrogens is 268 g/mol. The Balaban J connectivity index is 1.91. The highest BCUT2D eigenvalue weighted by atomic mass is 32.2. The minimum Gasteiger partial charge on any atom is -0.452 e. The first-order valence-corrected chi connectivity index (χ1v) is 6.52. The Hall–Kier alpha value is -2.02. The van der Waals surface area contributed by atoms with E-state index in [9.17, 15) is 9.59 Å². The molecule has 0 fully saturated rings. The number of amides is 1. The molecule has 0 saturated heterocycles. The number of ether oxygens (including phenoxy) is 1. The van der Waals surface area contributed by atoms with E-state index in [0.29, 0.717) is 10.8 Å². The largest absolute Gasteiger partial charge is 0.452 e. The molecule has 100 valence electrons. The average molecular weight is 280 g/mol. The van der Waals surface area contributed by atoms with Gasteiger partial charge in [0.15, 0.2) is 11.7 Å². The number of nitrogens with two attached hydrogens (primary N) is 1. The first-order valence-electron chi connectivity index (χ1n) is 5.53. The number of benzene rings is 1. The topological polar surface area (TPSA) is 95.4 Å². The maximum atomic E-state index is 11.4. The zero-order valence-electron chi connectivity index (χ0n) is 10.2. The Morgan fingerprint density at radius 1 is 1.47 bits per heavy atom. The predicted octanol–water partition coefficient (Wildman–Crippen LogP) is 1.34. The van der Waals surface area contributed by atoms with Gasteiger partial charge in [-0.25, -0.2) is 4.98 Å². The van der Waals surface area contributed by atoms with Crippen LogP contribution in [0.25, 0.3) is 11.1 Å². The monoisotopic (exact) mass is 280 g/mol. The minimum absolute atomic E-state index is 0.00441. The van der Waals surface area contributed by atoms with Crippen molar-refractivity contribution in [3.63, 3.8) is 0 Å². The lowest BCUT2D eigenvalue weighted by molar-refractivity contribution is -0.151. The first kappa shape index (κ1) is 13.4. The van der Waals surface area contributed by atoms with E-state index in [1.165, 1.54) is 6.92 Å². The summed E-state index contributed by atoms with van der Waals surface area (Å²) in [6.07, 6.45) is -0.934. The second kappa shape index (κ2) is 5.75. The van der Waals surface area contributed by atoms with Crippen LogP contribution in [0.15, 0.2) is 33.9 Å². The van der Waals surface area contributed by atoms with Gasteiger partial charge in [0.25, 0.3) is 11.1 Å². The van der Waals surface area contributed by atoms with Crippen LogP contribution in [0.2, 0.25) is 0 Å². The van der Waals surface area contributed by atoms with Crippen LogP contribution in [-0.4, -0.2) is 28.7 Å². The smallest absolute Gasteiger partial charge is 0.317 e. The highest BCUT2D eigenvalue weighted by Crippen LogP contribution is 2.23. The molecular formula is C12H12N2O4S. The number of nitrogens with zero attached hydrogens (tertiary/aromatic N) is 1. The highest BCUT2D eigenvalue weighted by Gasteiger charge is 2.15. The molecule has 0 aliphatic heterocycles. The van der Waals surface area contributed by atoms with Crippen molar-refractivity contribution in [1.29, 1.82) is 0 Å². The number of carbonyl (C=O) groups is 2. The lowest BCUT2D eigenvalue weighted by atomic mass is 10.3. The van der Waals surface area contributed by atoms with Crippen LogP contribution in [0.4, 0.5) is 0 Å². The number of primary amides is 1. The number of carbonyl (C=O) groups excluding carboxylic acids is 2. The molecule has 1 aromatic heterocycles. The minimum atomic E-state index is -0.934. The van der Waals surface area contributed by atoms with E-state index in [2.05, 4.69) is 4.98 Å². The van der Waals surface area contributed by atoms with Crippen molar-refractivity contribution in [2.24, 2.45) is 5.73 Å². The molecule has 0 aliphatic carbocycles. The zero-order chi connectivity index (χ0) is 13.8. The Morgan fingerprint density at radius 3 is 2.89 bits per heavy atom. The molecule has 2 rings (SSSR count). The van der Waals surface area contributed by atoms with E-state index in [1.54, 1.807) is 6.07 Å². The molecule has 2 aromatic rings. The number of rotatable bonds is 5. The van der Waals surface area contributed by atoms with Gasteiger partial charge in [0.05, 0.1) is 0 Å². The lowest BCUT2D eigenvalue weighted by Gasteiger charge is -2.08. The van der Waals surface area contributed by atoms with Crippen LogP contribution in [0, 0.1) is 0 Å².